The van der Waals surface area contributed by atoms with Crippen LogP contribution in [0.1, 0.15) is 5.69 Å². The zero-order valence-electron chi connectivity index (χ0n) is 15.3. The third-order valence-corrected chi connectivity index (χ3v) is 5.75. The molecule has 3 N–H and O–H groups in total. The minimum atomic E-state index is -0.321. The number of hydrogen-bond donors (Lipinski definition) is 3. The minimum Gasteiger partial charge on any atom is -0.321 e. The summed E-state index contributed by atoms with van der Waals surface area (Å²) in [6.07, 6.45) is 1.74. The minimum absolute atomic E-state index is 0.0395. The van der Waals surface area contributed by atoms with Gasteiger partial charge in [0, 0.05) is 23.3 Å². The molecular weight excluding hydrogens is 381 g/mol. The molecule has 0 spiro atoms. The number of aromatic nitrogens is 2. The van der Waals surface area contributed by atoms with Gasteiger partial charge in [0.1, 0.15) is 44.2 Å². The van der Waals surface area contributed by atoms with Crippen molar-refractivity contribution in [2.75, 3.05) is 38.0 Å². The molecule has 0 atom stereocenters. The smallest absolute Gasteiger partial charge is 0.279 e. The molecule has 0 unspecified atom stereocenters. The van der Waals surface area contributed by atoms with Gasteiger partial charge < -0.3 is 15.1 Å². The van der Waals surface area contributed by atoms with Gasteiger partial charge >= 0.3 is 0 Å². The van der Waals surface area contributed by atoms with E-state index in [1.807, 2.05) is 5.38 Å². The topological polar surface area (TPSA) is 72.4 Å². The lowest BCUT2D eigenvalue weighted by molar-refractivity contribution is -1.02. The number of piperazine rings is 1. The number of nitrogens with zero attached hydrogens (tertiary/aromatic N) is 2. The highest BCUT2D eigenvalue weighted by Gasteiger charge is 2.25. The molecule has 3 heterocycles. The molecule has 1 aliphatic heterocycles. The Morgan fingerprint density at radius 2 is 1.89 bits per heavy atom. The van der Waals surface area contributed by atoms with Gasteiger partial charge in [0.25, 0.3) is 11.5 Å². The number of quaternary nitrogens is 2. The summed E-state index contributed by atoms with van der Waals surface area (Å²) in [4.78, 5) is 32.2. The van der Waals surface area contributed by atoms with Crippen molar-refractivity contribution in [1.29, 1.82) is 0 Å². The van der Waals surface area contributed by atoms with Gasteiger partial charge in [-0.15, -0.1) is 11.3 Å². The molecule has 1 fully saturated rings. The van der Waals surface area contributed by atoms with Crippen molar-refractivity contribution in [1.82, 2.24) is 9.38 Å². The van der Waals surface area contributed by atoms with E-state index in [9.17, 15) is 14.0 Å². The second-order valence-corrected chi connectivity index (χ2v) is 7.92. The Kier molecular flexibility index (Phi) is 5.47. The van der Waals surface area contributed by atoms with Crippen molar-refractivity contribution in [2.24, 2.45) is 0 Å². The Hall–Kier alpha value is -2.62. The molecule has 4 rings (SSSR count). The van der Waals surface area contributed by atoms with Crippen LogP contribution in [-0.2, 0) is 11.3 Å². The first-order valence-electron chi connectivity index (χ1n) is 9.25. The van der Waals surface area contributed by atoms with Crippen LogP contribution in [0.25, 0.3) is 4.96 Å². The zero-order valence-corrected chi connectivity index (χ0v) is 16.1. The maximum absolute atomic E-state index is 12.9. The predicted molar refractivity (Wildman–Crippen MR) is 104 cm³/mol. The highest BCUT2D eigenvalue weighted by molar-refractivity contribution is 7.15. The van der Waals surface area contributed by atoms with E-state index in [1.165, 1.54) is 33.3 Å². The number of carbonyl (C=O) groups is 1. The van der Waals surface area contributed by atoms with E-state index in [-0.39, 0.29) is 17.3 Å². The Labute approximate surface area is 165 Å². The quantitative estimate of drug-likeness (QED) is 0.502. The first kappa shape index (κ1) is 18.7. The number of halogens is 1. The lowest BCUT2D eigenvalue weighted by Crippen LogP contribution is -3.28. The number of anilines is 1. The number of carbonyl (C=O) groups excluding carboxylic acids is 1. The summed E-state index contributed by atoms with van der Waals surface area (Å²) in [5.74, 6) is -0.388. The summed E-state index contributed by atoms with van der Waals surface area (Å²) in [7, 11) is 0. The Balaban J connectivity index is 1.27. The van der Waals surface area contributed by atoms with Crippen molar-refractivity contribution >= 4 is 27.9 Å². The van der Waals surface area contributed by atoms with Crippen molar-refractivity contribution in [3.05, 3.63) is 63.8 Å². The fraction of sp³-hybridized carbons (Fsp3) is 0.316. The number of thiazole rings is 1. The fourth-order valence-corrected chi connectivity index (χ4v) is 4.25. The van der Waals surface area contributed by atoms with E-state index in [1.54, 1.807) is 28.8 Å². The fourth-order valence-electron chi connectivity index (χ4n) is 3.51. The third kappa shape index (κ3) is 4.44. The molecule has 0 saturated carbocycles. The van der Waals surface area contributed by atoms with Gasteiger partial charge in [-0.05, 0) is 24.3 Å². The van der Waals surface area contributed by atoms with E-state index < -0.39 is 0 Å². The van der Waals surface area contributed by atoms with Crippen LogP contribution in [0.3, 0.4) is 0 Å². The highest BCUT2D eigenvalue weighted by Crippen LogP contribution is 2.07. The van der Waals surface area contributed by atoms with Crippen LogP contribution in [0, 0.1) is 5.82 Å². The largest absolute Gasteiger partial charge is 0.321 e. The second-order valence-electron chi connectivity index (χ2n) is 7.05. The van der Waals surface area contributed by atoms with Crippen molar-refractivity contribution in [3.63, 3.8) is 0 Å². The van der Waals surface area contributed by atoms with Crippen LogP contribution in [0.5, 0.6) is 0 Å². The van der Waals surface area contributed by atoms with Gasteiger partial charge in [0.05, 0.1) is 0 Å². The normalized spacial score (nSPS) is 19.6. The maximum Gasteiger partial charge on any atom is 0.279 e. The summed E-state index contributed by atoms with van der Waals surface area (Å²) >= 11 is 1.46. The Morgan fingerprint density at radius 1 is 1.18 bits per heavy atom. The van der Waals surface area contributed by atoms with Crippen LogP contribution >= 0.6 is 11.3 Å². The van der Waals surface area contributed by atoms with Crippen LogP contribution in [0.2, 0.25) is 0 Å². The predicted octanol–water partition coefficient (Wildman–Crippen LogP) is -1.18. The number of rotatable bonds is 5. The van der Waals surface area contributed by atoms with Crippen LogP contribution in [0.15, 0.2) is 46.7 Å². The van der Waals surface area contributed by atoms with Gasteiger partial charge in [-0.3, -0.25) is 14.0 Å². The molecule has 0 bridgehead atoms. The first-order valence-corrected chi connectivity index (χ1v) is 10.1. The average Bonchev–Trinajstić information content (AvgIpc) is 3.14. The SMILES string of the molecule is O=C(C[NH+]1CC[NH+](Cc2cc(=O)n3ccsc3n2)CC1)Nc1ccc(F)cc1. The van der Waals surface area contributed by atoms with E-state index >= 15 is 0 Å². The summed E-state index contributed by atoms with van der Waals surface area (Å²) in [5, 5.41) is 4.67. The summed E-state index contributed by atoms with van der Waals surface area (Å²) in [6.45, 7) is 4.72. The van der Waals surface area contributed by atoms with E-state index in [0.29, 0.717) is 12.2 Å². The second kappa shape index (κ2) is 8.17. The van der Waals surface area contributed by atoms with Crippen LogP contribution < -0.4 is 20.7 Å². The molecule has 1 aromatic carbocycles. The van der Waals surface area contributed by atoms with Crippen LogP contribution in [0.4, 0.5) is 10.1 Å². The number of amides is 1. The molecule has 0 aliphatic carbocycles. The molecule has 3 aromatic rings. The summed E-state index contributed by atoms with van der Waals surface area (Å²) in [5.41, 5.74) is 1.39. The molecule has 28 heavy (non-hydrogen) atoms. The molecule has 7 nitrogen and oxygen atoms in total. The standard InChI is InChI=1S/C19H20FN5O2S/c20-14-1-3-15(4-2-14)21-17(26)13-24-7-5-23(6-8-24)12-16-11-18(27)25-9-10-28-19(25)22-16/h1-4,9-11H,5-8,12-13H2,(H,21,26)/p+2. The lowest BCUT2D eigenvalue weighted by atomic mass is 10.2. The van der Waals surface area contributed by atoms with Crippen molar-refractivity contribution in [3.8, 4) is 0 Å². The summed E-state index contributed by atoms with van der Waals surface area (Å²) in [6, 6.07) is 7.40. The first-order chi connectivity index (χ1) is 13.6. The Morgan fingerprint density at radius 3 is 2.64 bits per heavy atom. The number of hydrogen-bond acceptors (Lipinski definition) is 4. The highest BCUT2D eigenvalue weighted by atomic mass is 32.1. The lowest BCUT2D eigenvalue weighted by Gasteiger charge is -2.29. The van der Waals surface area contributed by atoms with Gasteiger partial charge in [-0.25, -0.2) is 9.37 Å². The Bertz CT molecular complexity index is 1020. The maximum atomic E-state index is 12.9. The van der Waals surface area contributed by atoms with Crippen molar-refractivity contribution < 1.29 is 19.0 Å². The van der Waals surface area contributed by atoms with Gasteiger partial charge in [0.15, 0.2) is 11.5 Å². The molecule has 1 amide bonds. The molecule has 1 aliphatic rings. The monoisotopic (exact) mass is 403 g/mol. The molecule has 9 heteroatoms. The number of fused-ring (bicyclic) bond motifs is 1. The molecule has 2 aromatic heterocycles. The zero-order chi connectivity index (χ0) is 19.5. The third-order valence-electron chi connectivity index (χ3n) is 4.99. The van der Waals surface area contributed by atoms with E-state index in [0.717, 1.165) is 43.4 Å². The van der Waals surface area contributed by atoms with Gasteiger partial charge in [0.2, 0.25) is 0 Å². The number of benzene rings is 1. The summed E-state index contributed by atoms with van der Waals surface area (Å²) < 4.78 is 14.5. The number of nitrogens with one attached hydrogen (secondary N) is 3. The molecule has 146 valence electrons. The molecule has 1 saturated heterocycles. The van der Waals surface area contributed by atoms with Gasteiger partial charge in [-0.1, -0.05) is 0 Å². The average molecular weight is 403 g/mol. The van der Waals surface area contributed by atoms with Crippen molar-refractivity contribution in [2.45, 2.75) is 6.54 Å². The molecular formula is C19H22FN5O2S+2. The van der Waals surface area contributed by atoms with Crippen LogP contribution in [-0.4, -0.2) is 48.0 Å². The van der Waals surface area contributed by atoms with E-state index in [4.69, 9.17) is 0 Å². The molecule has 0 radical (unpaired) electrons. The van der Waals surface area contributed by atoms with E-state index in [2.05, 4.69) is 10.3 Å². The van der Waals surface area contributed by atoms with Gasteiger partial charge in [-0.2, -0.15) is 0 Å².